The molecule has 194 valence electrons. The molecule has 9 nitrogen and oxygen atoms in total. The molecular weight excluding hydrogens is 495 g/mol. The average molecular weight is 521 g/mol. The number of hydrogen-bond acceptors (Lipinski definition) is 6. The van der Waals surface area contributed by atoms with E-state index in [9.17, 15) is 4.79 Å². The van der Waals surface area contributed by atoms with Crippen molar-refractivity contribution in [3.63, 3.8) is 0 Å². The highest BCUT2D eigenvalue weighted by Crippen LogP contribution is 2.35. The Hall–Kier alpha value is -4.99. The first kappa shape index (κ1) is 24.4. The number of hydrogen-bond donors (Lipinski definition) is 3. The highest BCUT2D eigenvalue weighted by molar-refractivity contribution is 5.98. The Bertz CT molecular complexity index is 1840. The first-order chi connectivity index (χ1) is 18.8. The maximum absolute atomic E-state index is 16.1. The molecule has 0 saturated carbocycles. The molecular formula is C29H25FN8O. The van der Waals surface area contributed by atoms with Gasteiger partial charge in [0.15, 0.2) is 5.82 Å². The standard InChI is InChI=1S/C29H25FN8O/c1-29(2,3)13-22(39)34-17-12-16(14-31-15-17)18-7-8-19-23(24(18)30)27(38-37-19)28-35-21-9-11-33-25(26(21)36-28)20-6-4-5-10-32-20/h4-12,14-15H,13H2,1-3H3,(H,34,39)(H,35,36)(H,37,38). The van der Waals surface area contributed by atoms with Gasteiger partial charge in [-0.3, -0.25) is 24.8 Å². The zero-order valence-corrected chi connectivity index (χ0v) is 21.6. The number of H-pyrrole nitrogens is 2. The summed E-state index contributed by atoms with van der Waals surface area (Å²) in [5.74, 6) is -0.197. The molecule has 10 heteroatoms. The van der Waals surface area contributed by atoms with E-state index in [2.05, 4.69) is 35.5 Å². The maximum atomic E-state index is 16.1. The summed E-state index contributed by atoms with van der Waals surface area (Å²) in [6.07, 6.45) is 6.84. The molecule has 0 unspecified atom stereocenters. The lowest BCUT2D eigenvalue weighted by Crippen LogP contribution is -2.19. The van der Waals surface area contributed by atoms with E-state index in [1.165, 1.54) is 0 Å². The molecule has 0 bridgehead atoms. The van der Waals surface area contributed by atoms with Gasteiger partial charge in [-0.25, -0.2) is 9.37 Å². The van der Waals surface area contributed by atoms with Gasteiger partial charge in [-0.1, -0.05) is 26.8 Å². The Morgan fingerprint density at radius 3 is 2.67 bits per heavy atom. The lowest BCUT2D eigenvalue weighted by Gasteiger charge is -2.17. The number of pyridine rings is 3. The average Bonchev–Trinajstić information content (AvgIpc) is 3.53. The summed E-state index contributed by atoms with van der Waals surface area (Å²) in [6, 6.07) is 12.5. The first-order valence-electron chi connectivity index (χ1n) is 12.5. The van der Waals surface area contributed by atoms with Gasteiger partial charge in [-0.15, -0.1) is 0 Å². The number of anilines is 1. The van der Waals surface area contributed by atoms with Crippen LogP contribution in [0.2, 0.25) is 0 Å². The Balaban J connectivity index is 1.40. The normalized spacial score (nSPS) is 11.8. The number of aromatic amines is 2. The predicted octanol–water partition coefficient (Wildman–Crippen LogP) is 6.14. The zero-order chi connectivity index (χ0) is 27.1. The van der Waals surface area contributed by atoms with Crippen molar-refractivity contribution < 1.29 is 9.18 Å². The summed E-state index contributed by atoms with van der Waals surface area (Å²) < 4.78 is 16.1. The van der Waals surface area contributed by atoms with Gasteiger partial charge in [0.05, 0.1) is 34.0 Å². The molecule has 6 rings (SSSR count). The minimum Gasteiger partial charge on any atom is -0.336 e. The van der Waals surface area contributed by atoms with E-state index < -0.39 is 5.82 Å². The summed E-state index contributed by atoms with van der Waals surface area (Å²) in [5.41, 5.74) is 4.72. The Morgan fingerprint density at radius 1 is 1.00 bits per heavy atom. The van der Waals surface area contributed by atoms with Gasteiger partial charge >= 0.3 is 0 Å². The van der Waals surface area contributed by atoms with Crippen molar-refractivity contribution in [2.24, 2.45) is 5.41 Å². The van der Waals surface area contributed by atoms with Gasteiger partial charge in [0, 0.05) is 36.1 Å². The Labute approximate surface area is 223 Å². The van der Waals surface area contributed by atoms with Crippen LogP contribution >= 0.6 is 0 Å². The van der Waals surface area contributed by atoms with Gasteiger partial charge in [0.25, 0.3) is 0 Å². The van der Waals surface area contributed by atoms with Crippen LogP contribution in [0.4, 0.5) is 10.1 Å². The molecule has 5 heterocycles. The van der Waals surface area contributed by atoms with Crippen LogP contribution in [0, 0.1) is 11.2 Å². The monoisotopic (exact) mass is 520 g/mol. The number of carbonyl (C=O) groups excluding carboxylic acids is 1. The second-order valence-electron chi connectivity index (χ2n) is 10.5. The van der Waals surface area contributed by atoms with Crippen molar-refractivity contribution in [2.45, 2.75) is 27.2 Å². The molecule has 0 saturated heterocycles. The highest BCUT2D eigenvalue weighted by atomic mass is 19.1. The Kier molecular flexibility index (Phi) is 5.86. The van der Waals surface area contributed by atoms with Crippen molar-refractivity contribution in [1.29, 1.82) is 0 Å². The maximum Gasteiger partial charge on any atom is 0.224 e. The fourth-order valence-electron chi connectivity index (χ4n) is 4.55. The van der Waals surface area contributed by atoms with Crippen LogP contribution in [0.25, 0.3) is 56.0 Å². The minimum absolute atomic E-state index is 0.126. The largest absolute Gasteiger partial charge is 0.336 e. The number of aromatic nitrogens is 7. The second kappa shape index (κ2) is 9.39. The van der Waals surface area contributed by atoms with Gasteiger partial charge < -0.3 is 10.3 Å². The first-order valence-corrected chi connectivity index (χ1v) is 12.5. The van der Waals surface area contributed by atoms with Crippen molar-refractivity contribution in [2.75, 3.05) is 5.32 Å². The number of nitrogens with one attached hydrogen (secondary N) is 3. The van der Waals surface area contributed by atoms with E-state index in [0.29, 0.717) is 62.6 Å². The summed E-state index contributed by atoms with van der Waals surface area (Å²) >= 11 is 0. The molecule has 6 aromatic rings. The van der Waals surface area contributed by atoms with Crippen LogP contribution in [0.1, 0.15) is 27.2 Å². The molecule has 3 N–H and O–H groups in total. The van der Waals surface area contributed by atoms with Crippen molar-refractivity contribution >= 4 is 33.5 Å². The lowest BCUT2D eigenvalue weighted by atomic mass is 9.92. The van der Waals surface area contributed by atoms with Gasteiger partial charge in [-0.05, 0) is 41.8 Å². The highest BCUT2D eigenvalue weighted by Gasteiger charge is 2.21. The molecule has 0 atom stereocenters. The van der Waals surface area contributed by atoms with E-state index in [1.54, 1.807) is 49.1 Å². The number of rotatable bonds is 5. The van der Waals surface area contributed by atoms with Crippen LogP contribution in [-0.4, -0.2) is 41.0 Å². The van der Waals surface area contributed by atoms with Crippen LogP contribution in [-0.2, 0) is 4.79 Å². The molecule has 0 aliphatic carbocycles. The van der Waals surface area contributed by atoms with Crippen LogP contribution in [0.3, 0.4) is 0 Å². The quantitative estimate of drug-likeness (QED) is 0.251. The third-order valence-electron chi connectivity index (χ3n) is 6.22. The van der Waals surface area contributed by atoms with Crippen molar-refractivity contribution in [1.82, 2.24) is 35.1 Å². The molecule has 0 spiro atoms. The van der Waals surface area contributed by atoms with Crippen LogP contribution in [0.15, 0.2) is 67.3 Å². The minimum atomic E-state index is -0.472. The van der Waals surface area contributed by atoms with E-state index >= 15 is 4.39 Å². The number of imidazole rings is 1. The van der Waals surface area contributed by atoms with E-state index in [1.807, 2.05) is 39.0 Å². The summed E-state index contributed by atoms with van der Waals surface area (Å²) in [5, 5.41) is 10.4. The van der Waals surface area contributed by atoms with E-state index in [-0.39, 0.29) is 11.3 Å². The number of fused-ring (bicyclic) bond motifs is 2. The van der Waals surface area contributed by atoms with Crippen molar-refractivity contribution in [3.8, 4) is 34.0 Å². The molecule has 0 fully saturated rings. The zero-order valence-electron chi connectivity index (χ0n) is 21.6. The Morgan fingerprint density at radius 2 is 1.87 bits per heavy atom. The summed E-state index contributed by atoms with van der Waals surface area (Å²) in [4.78, 5) is 33.5. The number of benzene rings is 1. The summed E-state index contributed by atoms with van der Waals surface area (Å²) in [6.45, 7) is 5.98. The van der Waals surface area contributed by atoms with E-state index in [0.717, 1.165) is 5.52 Å². The van der Waals surface area contributed by atoms with Crippen molar-refractivity contribution in [3.05, 3.63) is 73.1 Å². The topological polar surface area (TPSA) is 125 Å². The number of carbonyl (C=O) groups is 1. The van der Waals surface area contributed by atoms with Crippen LogP contribution < -0.4 is 5.32 Å². The lowest BCUT2D eigenvalue weighted by molar-refractivity contribution is -0.117. The second-order valence-corrected chi connectivity index (χ2v) is 10.5. The SMILES string of the molecule is CC(C)(C)CC(=O)Nc1cncc(-c2ccc3[nH]nc(-c4nc5c(-c6ccccn6)nccc5[nH]4)c3c2F)c1. The number of nitrogens with zero attached hydrogens (tertiary/aromatic N) is 5. The number of halogens is 1. The smallest absolute Gasteiger partial charge is 0.224 e. The molecule has 5 aromatic heterocycles. The van der Waals surface area contributed by atoms with Gasteiger partial charge in [0.2, 0.25) is 5.91 Å². The molecule has 0 radical (unpaired) electrons. The molecule has 39 heavy (non-hydrogen) atoms. The van der Waals surface area contributed by atoms with Gasteiger partial charge in [-0.2, -0.15) is 5.10 Å². The molecule has 1 amide bonds. The predicted molar refractivity (Wildman–Crippen MR) is 148 cm³/mol. The third-order valence-corrected chi connectivity index (χ3v) is 6.22. The van der Waals surface area contributed by atoms with Gasteiger partial charge in [0.1, 0.15) is 22.7 Å². The van der Waals surface area contributed by atoms with E-state index in [4.69, 9.17) is 4.98 Å². The fourth-order valence-corrected chi connectivity index (χ4v) is 4.55. The molecule has 0 aliphatic heterocycles. The molecule has 0 aliphatic rings. The molecule has 1 aromatic carbocycles. The third kappa shape index (κ3) is 4.72. The van der Waals surface area contributed by atoms with Crippen LogP contribution in [0.5, 0.6) is 0 Å². The fraction of sp³-hybridized carbons (Fsp3) is 0.172. The summed E-state index contributed by atoms with van der Waals surface area (Å²) in [7, 11) is 0. The number of amides is 1.